The van der Waals surface area contributed by atoms with Crippen molar-refractivity contribution in [2.75, 3.05) is 6.54 Å². The molecule has 0 aromatic carbocycles. The van der Waals surface area contributed by atoms with Gasteiger partial charge in [-0.1, -0.05) is 13.8 Å². The van der Waals surface area contributed by atoms with Crippen LogP contribution in [0.5, 0.6) is 0 Å². The summed E-state index contributed by atoms with van der Waals surface area (Å²) in [6, 6.07) is -0.167. The molecular weight excluding hydrogens is 316 g/mol. The topological polar surface area (TPSA) is 66.9 Å². The fourth-order valence-corrected chi connectivity index (χ4v) is 3.95. The predicted molar refractivity (Wildman–Crippen MR) is 91.6 cm³/mol. The zero-order valence-corrected chi connectivity index (χ0v) is 14.8. The number of carbonyl (C=O) groups excluding carboxylic acids is 1. The van der Waals surface area contributed by atoms with E-state index >= 15 is 0 Å². The second-order valence-electron chi connectivity index (χ2n) is 4.95. The molecule has 0 saturated carbocycles. The minimum atomic E-state index is -0.147. The molecule has 2 aromatic heterocycles. The van der Waals surface area contributed by atoms with E-state index in [1.807, 2.05) is 12.3 Å². The standard InChI is InChI=1S/C15H22N4OS2/c1-4-11-10(3)22-13(18-11)6-7-17-15(20)19-12(5-2)14-16-8-9-21-14/h8-9,12H,4-7H2,1-3H3,(H2,17,19,20). The lowest BCUT2D eigenvalue weighted by Gasteiger charge is -2.14. The summed E-state index contributed by atoms with van der Waals surface area (Å²) < 4.78 is 0. The van der Waals surface area contributed by atoms with Crippen LogP contribution in [0.15, 0.2) is 11.6 Å². The Labute approximate surface area is 139 Å². The molecule has 1 atom stereocenters. The van der Waals surface area contributed by atoms with Crippen LogP contribution in [-0.2, 0) is 12.8 Å². The molecule has 5 nitrogen and oxygen atoms in total. The molecule has 2 amide bonds. The second kappa shape index (κ2) is 8.24. The summed E-state index contributed by atoms with van der Waals surface area (Å²) in [6.45, 7) is 6.84. The van der Waals surface area contributed by atoms with Crippen molar-refractivity contribution in [2.45, 2.75) is 46.1 Å². The van der Waals surface area contributed by atoms with Crippen LogP contribution < -0.4 is 10.6 Å². The van der Waals surface area contributed by atoms with E-state index in [0.717, 1.165) is 29.3 Å². The molecule has 0 aliphatic carbocycles. The summed E-state index contributed by atoms with van der Waals surface area (Å²) >= 11 is 3.28. The Morgan fingerprint density at radius 2 is 2.23 bits per heavy atom. The first-order valence-electron chi connectivity index (χ1n) is 7.53. The summed E-state index contributed by atoms with van der Waals surface area (Å²) in [5.41, 5.74) is 1.17. The number of carbonyl (C=O) groups is 1. The van der Waals surface area contributed by atoms with E-state index in [2.05, 4.69) is 34.4 Å². The van der Waals surface area contributed by atoms with Crippen molar-refractivity contribution >= 4 is 28.7 Å². The molecule has 120 valence electrons. The average Bonchev–Trinajstić information content (AvgIpc) is 3.14. The first kappa shape index (κ1) is 16.9. The highest BCUT2D eigenvalue weighted by molar-refractivity contribution is 7.11. The third kappa shape index (κ3) is 4.51. The molecule has 0 radical (unpaired) electrons. The van der Waals surface area contributed by atoms with E-state index < -0.39 is 0 Å². The van der Waals surface area contributed by atoms with Gasteiger partial charge in [-0.05, 0) is 19.8 Å². The maximum Gasteiger partial charge on any atom is 0.315 e. The minimum absolute atomic E-state index is 0.0196. The molecule has 2 N–H and O–H groups in total. The van der Waals surface area contributed by atoms with Crippen LogP contribution in [0.4, 0.5) is 4.79 Å². The van der Waals surface area contributed by atoms with Gasteiger partial charge in [-0.25, -0.2) is 14.8 Å². The lowest BCUT2D eigenvalue weighted by molar-refractivity contribution is 0.237. The van der Waals surface area contributed by atoms with Gasteiger partial charge >= 0.3 is 6.03 Å². The van der Waals surface area contributed by atoms with Crippen molar-refractivity contribution in [3.8, 4) is 0 Å². The number of aryl methyl sites for hydroxylation is 2. The van der Waals surface area contributed by atoms with E-state index in [9.17, 15) is 4.79 Å². The molecule has 1 unspecified atom stereocenters. The van der Waals surface area contributed by atoms with Gasteiger partial charge in [0, 0.05) is 29.4 Å². The van der Waals surface area contributed by atoms with Crippen molar-refractivity contribution in [3.05, 3.63) is 32.2 Å². The van der Waals surface area contributed by atoms with Gasteiger partial charge in [-0.2, -0.15) is 0 Å². The quantitative estimate of drug-likeness (QED) is 0.812. The maximum atomic E-state index is 12.0. The normalized spacial score (nSPS) is 12.1. The molecule has 0 aliphatic rings. The van der Waals surface area contributed by atoms with Crippen LogP contribution in [0.1, 0.15) is 46.9 Å². The number of rotatable bonds is 7. The third-order valence-corrected chi connectivity index (χ3v) is 5.32. The van der Waals surface area contributed by atoms with E-state index in [-0.39, 0.29) is 12.1 Å². The van der Waals surface area contributed by atoms with Gasteiger partial charge in [0.1, 0.15) is 5.01 Å². The first-order valence-corrected chi connectivity index (χ1v) is 9.22. The summed E-state index contributed by atoms with van der Waals surface area (Å²) in [4.78, 5) is 22.1. The minimum Gasteiger partial charge on any atom is -0.338 e. The Kier molecular flexibility index (Phi) is 6.33. The number of thiazole rings is 2. The Balaban J connectivity index is 1.77. The number of aromatic nitrogens is 2. The molecule has 2 aromatic rings. The fraction of sp³-hybridized carbons (Fsp3) is 0.533. The molecular formula is C15H22N4OS2. The number of nitrogens with one attached hydrogen (secondary N) is 2. The van der Waals surface area contributed by atoms with Crippen LogP contribution in [0, 0.1) is 6.92 Å². The van der Waals surface area contributed by atoms with Crippen molar-refractivity contribution in [3.63, 3.8) is 0 Å². The van der Waals surface area contributed by atoms with Crippen LogP contribution in [-0.4, -0.2) is 22.5 Å². The molecule has 0 bridgehead atoms. The zero-order chi connectivity index (χ0) is 15.9. The number of amides is 2. The molecule has 0 fully saturated rings. The smallest absolute Gasteiger partial charge is 0.315 e. The number of nitrogens with zero attached hydrogens (tertiary/aromatic N) is 2. The Morgan fingerprint density at radius 1 is 1.41 bits per heavy atom. The number of urea groups is 1. The molecule has 2 heterocycles. The van der Waals surface area contributed by atoms with E-state index in [1.165, 1.54) is 10.6 Å². The van der Waals surface area contributed by atoms with E-state index in [1.54, 1.807) is 28.9 Å². The van der Waals surface area contributed by atoms with Gasteiger partial charge < -0.3 is 10.6 Å². The fourth-order valence-electron chi connectivity index (χ4n) is 2.16. The molecule has 0 spiro atoms. The number of hydrogen-bond acceptors (Lipinski definition) is 5. The summed E-state index contributed by atoms with van der Waals surface area (Å²) in [7, 11) is 0. The SMILES string of the molecule is CCc1nc(CCNC(=O)NC(CC)c2nccs2)sc1C. The highest BCUT2D eigenvalue weighted by Gasteiger charge is 2.14. The van der Waals surface area contributed by atoms with Crippen LogP contribution in [0.3, 0.4) is 0 Å². The summed E-state index contributed by atoms with van der Waals surface area (Å²) in [5, 5.41) is 9.82. The molecule has 7 heteroatoms. The van der Waals surface area contributed by atoms with Crippen molar-refractivity contribution in [1.29, 1.82) is 0 Å². The van der Waals surface area contributed by atoms with Crippen molar-refractivity contribution in [2.24, 2.45) is 0 Å². The third-order valence-electron chi connectivity index (χ3n) is 3.36. The van der Waals surface area contributed by atoms with Crippen LogP contribution >= 0.6 is 22.7 Å². The summed E-state index contributed by atoms with van der Waals surface area (Å²) in [6.07, 6.45) is 4.32. The molecule has 0 aliphatic heterocycles. The van der Waals surface area contributed by atoms with E-state index in [4.69, 9.17) is 0 Å². The van der Waals surface area contributed by atoms with Gasteiger partial charge in [0.2, 0.25) is 0 Å². The molecule has 2 rings (SSSR count). The summed E-state index contributed by atoms with van der Waals surface area (Å²) in [5.74, 6) is 0. The largest absolute Gasteiger partial charge is 0.338 e. The monoisotopic (exact) mass is 338 g/mol. The van der Waals surface area contributed by atoms with Crippen molar-refractivity contribution < 1.29 is 4.79 Å². The van der Waals surface area contributed by atoms with Crippen LogP contribution in [0.2, 0.25) is 0 Å². The Bertz CT molecular complexity index is 595. The average molecular weight is 339 g/mol. The van der Waals surface area contributed by atoms with Gasteiger partial charge in [-0.3, -0.25) is 0 Å². The Hall–Kier alpha value is -1.47. The second-order valence-corrected chi connectivity index (χ2v) is 7.16. The van der Waals surface area contributed by atoms with Crippen molar-refractivity contribution in [1.82, 2.24) is 20.6 Å². The lowest BCUT2D eigenvalue weighted by Crippen LogP contribution is -2.38. The highest BCUT2D eigenvalue weighted by Crippen LogP contribution is 2.19. The molecule has 22 heavy (non-hydrogen) atoms. The van der Waals surface area contributed by atoms with Gasteiger partial charge in [0.25, 0.3) is 0 Å². The maximum absolute atomic E-state index is 12.0. The first-order chi connectivity index (χ1) is 10.6. The zero-order valence-electron chi connectivity index (χ0n) is 13.2. The van der Waals surface area contributed by atoms with Gasteiger partial charge in [0.05, 0.1) is 16.7 Å². The highest BCUT2D eigenvalue weighted by atomic mass is 32.1. The number of hydrogen-bond donors (Lipinski definition) is 2. The molecule has 0 saturated heterocycles. The van der Waals surface area contributed by atoms with Gasteiger partial charge in [-0.15, -0.1) is 22.7 Å². The van der Waals surface area contributed by atoms with Gasteiger partial charge in [0.15, 0.2) is 0 Å². The van der Waals surface area contributed by atoms with E-state index in [0.29, 0.717) is 6.54 Å². The predicted octanol–water partition coefficient (Wildman–Crippen LogP) is 3.46. The Morgan fingerprint density at radius 3 is 2.82 bits per heavy atom. The lowest BCUT2D eigenvalue weighted by atomic mass is 10.2. The van der Waals surface area contributed by atoms with Crippen LogP contribution in [0.25, 0.3) is 0 Å².